The van der Waals surface area contributed by atoms with E-state index >= 15 is 0 Å². The molecule has 6 heteroatoms. The molecule has 2 heterocycles. The summed E-state index contributed by atoms with van der Waals surface area (Å²) in [5.74, 6) is 0.250. The van der Waals surface area contributed by atoms with Crippen LogP contribution in [0.3, 0.4) is 0 Å². The average Bonchev–Trinajstić information content (AvgIpc) is 3.19. The molecule has 0 saturated carbocycles. The lowest BCUT2D eigenvalue weighted by Gasteiger charge is -2.18. The molecule has 0 spiro atoms. The van der Waals surface area contributed by atoms with Crippen LogP contribution in [0.5, 0.6) is 5.88 Å². The fourth-order valence-corrected chi connectivity index (χ4v) is 3.12. The Morgan fingerprint density at radius 1 is 1.48 bits per heavy atom. The molecule has 1 aliphatic rings. The van der Waals surface area contributed by atoms with Crippen molar-refractivity contribution in [2.24, 2.45) is 7.05 Å². The molecule has 23 heavy (non-hydrogen) atoms. The van der Waals surface area contributed by atoms with Gasteiger partial charge < -0.3 is 10.1 Å². The first-order valence-corrected chi connectivity index (χ1v) is 7.99. The summed E-state index contributed by atoms with van der Waals surface area (Å²) in [6.07, 6.45) is 5.54. The quantitative estimate of drug-likeness (QED) is 0.918. The van der Waals surface area contributed by atoms with Crippen molar-refractivity contribution in [2.45, 2.75) is 38.6 Å². The maximum Gasteiger partial charge on any atom is 0.257 e. The maximum absolute atomic E-state index is 12.7. The zero-order chi connectivity index (χ0) is 16.4. The van der Waals surface area contributed by atoms with Gasteiger partial charge in [0.15, 0.2) is 0 Å². The zero-order valence-corrected chi connectivity index (χ0v) is 13.8. The Bertz CT molecular complexity index is 723. The molecule has 6 nitrogen and oxygen atoms in total. The fraction of sp³-hybridized carbons (Fsp3) is 0.471. The monoisotopic (exact) mass is 314 g/mol. The summed E-state index contributed by atoms with van der Waals surface area (Å²) in [6.45, 7) is 2.04. The van der Waals surface area contributed by atoms with Crippen LogP contribution in [0.15, 0.2) is 18.3 Å². The summed E-state index contributed by atoms with van der Waals surface area (Å²) >= 11 is 0. The van der Waals surface area contributed by atoms with E-state index in [-0.39, 0.29) is 11.9 Å². The molecule has 1 amide bonds. The van der Waals surface area contributed by atoms with E-state index in [1.165, 1.54) is 0 Å². The van der Waals surface area contributed by atoms with Crippen LogP contribution < -0.4 is 10.1 Å². The molecule has 0 saturated heterocycles. The molecule has 0 bridgehead atoms. The first-order chi connectivity index (χ1) is 11.1. The molecular formula is C17H22N4O2. The van der Waals surface area contributed by atoms with Crippen molar-refractivity contribution >= 4 is 5.91 Å². The normalized spacial score (nSPS) is 14.4. The number of aromatic nitrogens is 3. The third kappa shape index (κ3) is 2.93. The minimum Gasteiger partial charge on any atom is -0.480 e. The maximum atomic E-state index is 12.7. The Morgan fingerprint density at radius 3 is 2.96 bits per heavy atom. The first-order valence-electron chi connectivity index (χ1n) is 7.99. The fourth-order valence-electron chi connectivity index (χ4n) is 3.12. The number of pyridine rings is 1. The van der Waals surface area contributed by atoms with Crippen molar-refractivity contribution in [1.82, 2.24) is 20.1 Å². The summed E-state index contributed by atoms with van der Waals surface area (Å²) in [5, 5.41) is 7.25. The van der Waals surface area contributed by atoms with Crippen molar-refractivity contribution in [1.29, 1.82) is 0 Å². The molecule has 122 valence electrons. The van der Waals surface area contributed by atoms with Crippen LogP contribution in [0.1, 0.15) is 53.1 Å². The Kier molecular flexibility index (Phi) is 4.32. The second kappa shape index (κ2) is 6.40. The number of nitrogens with one attached hydrogen (secondary N) is 1. The molecule has 1 unspecified atom stereocenters. The molecule has 1 N–H and O–H groups in total. The predicted molar refractivity (Wildman–Crippen MR) is 86.5 cm³/mol. The van der Waals surface area contributed by atoms with Crippen molar-refractivity contribution in [3.8, 4) is 5.88 Å². The van der Waals surface area contributed by atoms with Gasteiger partial charge in [0, 0.05) is 18.9 Å². The lowest BCUT2D eigenvalue weighted by atomic mass is 10.1. The molecule has 1 aliphatic carbocycles. The Hall–Kier alpha value is -2.37. The largest absolute Gasteiger partial charge is 0.480 e. The highest BCUT2D eigenvalue weighted by atomic mass is 16.5. The smallest absolute Gasteiger partial charge is 0.257 e. The van der Waals surface area contributed by atoms with Crippen molar-refractivity contribution in [3.63, 3.8) is 0 Å². The summed E-state index contributed by atoms with van der Waals surface area (Å²) in [7, 11) is 3.43. The number of fused-ring (bicyclic) bond motifs is 1. The van der Waals surface area contributed by atoms with Gasteiger partial charge in [-0.15, -0.1) is 0 Å². The molecule has 2 aromatic heterocycles. The number of hydrogen-bond acceptors (Lipinski definition) is 4. The van der Waals surface area contributed by atoms with E-state index in [0.717, 1.165) is 42.6 Å². The SMILES string of the molecule is CCC(NC(=O)c1cc2c(nc1OC)CCC2)c1ccnn1C. The number of methoxy groups -OCH3 is 1. The minimum atomic E-state index is -0.155. The van der Waals surface area contributed by atoms with Gasteiger partial charge in [-0.3, -0.25) is 9.48 Å². The van der Waals surface area contributed by atoms with E-state index in [9.17, 15) is 4.79 Å². The molecule has 2 aromatic rings. The van der Waals surface area contributed by atoms with E-state index in [4.69, 9.17) is 4.74 Å². The molecular weight excluding hydrogens is 292 g/mol. The van der Waals surface area contributed by atoms with Gasteiger partial charge in [-0.05, 0) is 43.4 Å². The van der Waals surface area contributed by atoms with Gasteiger partial charge in [-0.25, -0.2) is 4.98 Å². The molecule has 1 atom stereocenters. The van der Waals surface area contributed by atoms with E-state index in [1.807, 2.05) is 26.1 Å². The Labute approximate surface area is 135 Å². The first kappa shape index (κ1) is 15.5. The molecule has 0 aliphatic heterocycles. The summed E-state index contributed by atoms with van der Waals surface area (Å²) in [6, 6.07) is 3.76. The highest BCUT2D eigenvalue weighted by Crippen LogP contribution is 2.27. The number of ether oxygens (including phenoxy) is 1. The number of carbonyl (C=O) groups is 1. The lowest BCUT2D eigenvalue weighted by molar-refractivity contribution is 0.0930. The average molecular weight is 314 g/mol. The van der Waals surface area contributed by atoms with Gasteiger partial charge in [0.2, 0.25) is 5.88 Å². The van der Waals surface area contributed by atoms with Gasteiger partial charge in [0.25, 0.3) is 5.91 Å². The van der Waals surface area contributed by atoms with E-state index < -0.39 is 0 Å². The van der Waals surface area contributed by atoms with Crippen molar-refractivity contribution in [2.75, 3.05) is 7.11 Å². The number of rotatable bonds is 5. The topological polar surface area (TPSA) is 69.0 Å². The van der Waals surface area contributed by atoms with Gasteiger partial charge in [0.1, 0.15) is 5.56 Å². The number of carbonyl (C=O) groups excluding carboxylic acids is 1. The minimum absolute atomic E-state index is 0.0899. The third-order valence-electron chi connectivity index (χ3n) is 4.38. The van der Waals surface area contributed by atoms with Crippen molar-refractivity contribution in [3.05, 3.63) is 40.8 Å². The standard InChI is InChI=1S/C17H22N4O2/c1-4-13(15-8-9-18-21(15)2)19-16(22)12-10-11-6-5-7-14(11)20-17(12)23-3/h8-10,13H,4-7H2,1-3H3,(H,19,22). The Morgan fingerprint density at radius 2 is 2.30 bits per heavy atom. The molecule has 0 radical (unpaired) electrons. The third-order valence-corrected chi connectivity index (χ3v) is 4.38. The number of amides is 1. The second-order valence-electron chi connectivity index (χ2n) is 5.82. The summed E-state index contributed by atoms with van der Waals surface area (Å²) in [5.41, 5.74) is 3.70. The van der Waals surface area contributed by atoms with E-state index in [2.05, 4.69) is 15.4 Å². The van der Waals surface area contributed by atoms with Gasteiger partial charge >= 0.3 is 0 Å². The highest BCUT2D eigenvalue weighted by Gasteiger charge is 2.23. The number of aryl methyl sites for hydroxylation is 3. The van der Waals surface area contributed by atoms with Gasteiger partial charge in [-0.2, -0.15) is 5.10 Å². The van der Waals surface area contributed by atoms with Crippen molar-refractivity contribution < 1.29 is 9.53 Å². The lowest BCUT2D eigenvalue weighted by Crippen LogP contribution is -2.30. The Balaban J connectivity index is 1.87. The molecule has 0 aromatic carbocycles. The van der Waals surface area contributed by atoms with Crippen LogP contribution in [0.2, 0.25) is 0 Å². The van der Waals surface area contributed by atoms with Crippen LogP contribution in [-0.2, 0) is 19.9 Å². The summed E-state index contributed by atoms with van der Waals surface area (Å²) < 4.78 is 7.12. The van der Waals surface area contributed by atoms with Crippen LogP contribution in [0.25, 0.3) is 0 Å². The van der Waals surface area contributed by atoms with Crippen LogP contribution in [-0.4, -0.2) is 27.8 Å². The van der Waals surface area contributed by atoms with Gasteiger partial charge in [-0.1, -0.05) is 6.92 Å². The van der Waals surface area contributed by atoms with E-state index in [1.54, 1.807) is 18.0 Å². The van der Waals surface area contributed by atoms with Crippen LogP contribution in [0, 0.1) is 0 Å². The zero-order valence-electron chi connectivity index (χ0n) is 13.8. The predicted octanol–water partition coefficient (Wildman–Crippen LogP) is 2.19. The van der Waals surface area contributed by atoms with Crippen LogP contribution in [0.4, 0.5) is 0 Å². The number of hydrogen-bond donors (Lipinski definition) is 1. The van der Waals surface area contributed by atoms with Gasteiger partial charge in [0.05, 0.1) is 18.8 Å². The number of nitrogens with zero attached hydrogens (tertiary/aromatic N) is 3. The highest BCUT2D eigenvalue weighted by molar-refractivity contribution is 5.96. The van der Waals surface area contributed by atoms with E-state index in [0.29, 0.717) is 11.4 Å². The molecule has 3 rings (SSSR count). The summed E-state index contributed by atoms with van der Waals surface area (Å²) in [4.78, 5) is 17.2. The molecule has 0 fully saturated rings. The second-order valence-corrected chi connectivity index (χ2v) is 5.82. The van der Waals surface area contributed by atoms with Crippen LogP contribution >= 0.6 is 0 Å².